The Labute approximate surface area is 153 Å². The van der Waals surface area contributed by atoms with Crippen LogP contribution in [0.2, 0.25) is 0 Å². The van der Waals surface area contributed by atoms with Crippen molar-refractivity contribution in [1.29, 1.82) is 0 Å². The molecular formula is C17H24N2O6S. The Morgan fingerprint density at radius 1 is 1.15 bits per heavy atom. The van der Waals surface area contributed by atoms with Gasteiger partial charge in [-0.3, -0.25) is 14.4 Å². The van der Waals surface area contributed by atoms with Crippen molar-refractivity contribution < 1.29 is 27.5 Å². The second-order valence-electron chi connectivity index (χ2n) is 5.98. The van der Waals surface area contributed by atoms with Gasteiger partial charge in [0.2, 0.25) is 15.9 Å². The number of Topliss-reactive ketones (excluding diaryl/α,β-unsaturated/α-hetero) is 1. The first-order chi connectivity index (χ1) is 12.0. The standard InChI is InChI=1S/C17H24N2O6S/c1-12(2)25-17(22)9-10-18-16(21)11-19(4)26(23,24)15-7-5-14(6-8-15)13(3)20/h5-8,12H,9-11H2,1-4H3,(H,18,21). The van der Waals surface area contributed by atoms with Gasteiger partial charge in [0.15, 0.2) is 5.78 Å². The van der Waals surface area contributed by atoms with E-state index in [1.165, 1.54) is 38.2 Å². The Morgan fingerprint density at radius 2 is 1.73 bits per heavy atom. The lowest BCUT2D eigenvalue weighted by atomic mass is 10.2. The average Bonchev–Trinajstić information content (AvgIpc) is 2.54. The first-order valence-electron chi connectivity index (χ1n) is 8.07. The molecule has 0 spiro atoms. The van der Waals surface area contributed by atoms with Crippen molar-refractivity contribution in [3.63, 3.8) is 0 Å². The summed E-state index contributed by atoms with van der Waals surface area (Å²) in [5, 5.41) is 2.47. The van der Waals surface area contributed by atoms with Gasteiger partial charge in [-0.25, -0.2) is 8.42 Å². The molecule has 0 aliphatic carbocycles. The minimum absolute atomic E-state index is 0.00684. The van der Waals surface area contributed by atoms with Gasteiger partial charge in [0, 0.05) is 19.2 Å². The number of esters is 1. The van der Waals surface area contributed by atoms with Crippen LogP contribution in [0.15, 0.2) is 29.2 Å². The van der Waals surface area contributed by atoms with Gasteiger partial charge in [-0.05, 0) is 32.9 Å². The molecule has 0 fully saturated rings. The van der Waals surface area contributed by atoms with E-state index in [4.69, 9.17) is 4.74 Å². The number of carbonyl (C=O) groups excluding carboxylic acids is 3. The van der Waals surface area contributed by atoms with Gasteiger partial charge in [-0.2, -0.15) is 4.31 Å². The molecule has 0 unspecified atom stereocenters. The zero-order valence-electron chi connectivity index (χ0n) is 15.3. The predicted octanol–water partition coefficient (Wildman–Crippen LogP) is 0.968. The van der Waals surface area contributed by atoms with Gasteiger partial charge in [-0.1, -0.05) is 12.1 Å². The Morgan fingerprint density at radius 3 is 2.23 bits per heavy atom. The fourth-order valence-electron chi connectivity index (χ4n) is 2.01. The van der Waals surface area contributed by atoms with Crippen molar-refractivity contribution in [2.45, 2.75) is 38.2 Å². The van der Waals surface area contributed by atoms with E-state index in [1.54, 1.807) is 13.8 Å². The Bertz CT molecular complexity index is 756. The maximum atomic E-state index is 12.4. The molecule has 0 saturated heterocycles. The van der Waals surface area contributed by atoms with E-state index >= 15 is 0 Å². The molecule has 1 rings (SSSR count). The van der Waals surface area contributed by atoms with Gasteiger partial charge in [-0.15, -0.1) is 0 Å². The molecule has 0 heterocycles. The molecule has 0 aromatic heterocycles. The van der Waals surface area contributed by atoms with Gasteiger partial charge in [0.25, 0.3) is 0 Å². The number of hydrogen-bond acceptors (Lipinski definition) is 6. The smallest absolute Gasteiger partial charge is 0.307 e. The van der Waals surface area contributed by atoms with Crippen LogP contribution < -0.4 is 5.32 Å². The lowest BCUT2D eigenvalue weighted by molar-refractivity contribution is -0.147. The monoisotopic (exact) mass is 384 g/mol. The van der Waals surface area contributed by atoms with Crippen molar-refractivity contribution in [2.75, 3.05) is 20.1 Å². The maximum absolute atomic E-state index is 12.4. The predicted molar refractivity (Wildman–Crippen MR) is 95.1 cm³/mol. The van der Waals surface area contributed by atoms with Crippen molar-refractivity contribution in [1.82, 2.24) is 9.62 Å². The molecule has 9 heteroatoms. The number of sulfonamides is 1. The van der Waals surface area contributed by atoms with Gasteiger partial charge >= 0.3 is 5.97 Å². The van der Waals surface area contributed by atoms with E-state index in [9.17, 15) is 22.8 Å². The summed E-state index contributed by atoms with van der Waals surface area (Å²) in [6.45, 7) is 4.50. The lowest BCUT2D eigenvalue weighted by Crippen LogP contribution is -2.39. The molecule has 8 nitrogen and oxygen atoms in total. The minimum atomic E-state index is -3.86. The number of ether oxygens (including phenoxy) is 1. The van der Waals surface area contributed by atoms with Gasteiger partial charge < -0.3 is 10.1 Å². The number of ketones is 1. The number of benzene rings is 1. The van der Waals surface area contributed by atoms with Crippen LogP contribution in [0.25, 0.3) is 0 Å². The SMILES string of the molecule is CC(=O)c1ccc(S(=O)(=O)N(C)CC(=O)NCCC(=O)OC(C)C)cc1. The van der Waals surface area contributed by atoms with Crippen LogP contribution in [0.3, 0.4) is 0 Å². The normalized spacial score (nSPS) is 11.5. The molecule has 0 radical (unpaired) electrons. The highest BCUT2D eigenvalue weighted by atomic mass is 32.2. The van der Waals surface area contributed by atoms with Crippen LogP contribution in [0, 0.1) is 0 Å². The van der Waals surface area contributed by atoms with Crippen molar-refractivity contribution >= 4 is 27.7 Å². The van der Waals surface area contributed by atoms with Crippen molar-refractivity contribution in [3.8, 4) is 0 Å². The molecule has 0 saturated carbocycles. The topological polar surface area (TPSA) is 110 Å². The van der Waals surface area contributed by atoms with Crippen molar-refractivity contribution in [2.24, 2.45) is 0 Å². The molecule has 0 bridgehead atoms. The van der Waals surface area contributed by atoms with Crippen LogP contribution in [-0.4, -0.2) is 56.6 Å². The van der Waals surface area contributed by atoms with E-state index in [-0.39, 0.29) is 29.7 Å². The first kappa shape index (κ1) is 21.8. The second-order valence-corrected chi connectivity index (χ2v) is 8.03. The Hall–Kier alpha value is -2.26. The summed E-state index contributed by atoms with van der Waals surface area (Å²) in [5.74, 6) is -1.14. The van der Waals surface area contributed by atoms with Crippen LogP contribution >= 0.6 is 0 Å². The number of likely N-dealkylation sites (N-methyl/N-ethyl adjacent to an activating group) is 1. The first-order valence-corrected chi connectivity index (χ1v) is 9.51. The molecule has 1 aromatic carbocycles. The average molecular weight is 384 g/mol. The Kier molecular flexibility index (Phi) is 7.91. The third-order valence-corrected chi connectivity index (χ3v) is 5.17. The van der Waals surface area contributed by atoms with E-state index in [1.807, 2.05) is 0 Å². The molecule has 26 heavy (non-hydrogen) atoms. The summed E-state index contributed by atoms with van der Waals surface area (Å²) in [4.78, 5) is 34.5. The maximum Gasteiger partial charge on any atom is 0.307 e. The summed E-state index contributed by atoms with van der Waals surface area (Å²) in [5.41, 5.74) is 0.401. The number of nitrogens with zero attached hydrogens (tertiary/aromatic N) is 1. The highest BCUT2D eigenvalue weighted by Gasteiger charge is 2.23. The summed E-state index contributed by atoms with van der Waals surface area (Å²) >= 11 is 0. The van der Waals surface area contributed by atoms with Crippen LogP contribution in [0.5, 0.6) is 0 Å². The lowest BCUT2D eigenvalue weighted by Gasteiger charge is -2.17. The zero-order chi connectivity index (χ0) is 19.9. The molecule has 0 aliphatic rings. The second kappa shape index (κ2) is 9.44. The van der Waals surface area contributed by atoms with E-state index in [2.05, 4.69) is 5.32 Å². The van der Waals surface area contributed by atoms with E-state index in [0.717, 1.165) is 4.31 Å². The summed E-state index contributed by atoms with van der Waals surface area (Å²) < 4.78 is 30.7. The van der Waals surface area contributed by atoms with Crippen LogP contribution in [0.4, 0.5) is 0 Å². The van der Waals surface area contributed by atoms with E-state index < -0.39 is 28.4 Å². The molecule has 0 atom stereocenters. The Balaban J connectivity index is 2.59. The summed E-state index contributed by atoms with van der Waals surface area (Å²) in [7, 11) is -2.59. The fourth-order valence-corrected chi connectivity index (χ4v) is 3.14. The zero-order valence-corrected chi connectivity index (χ0v) is 16.1. The fraction of sp³-hybridized carbons (Fsp3) is 0.471. The highest BCUT2D eigenvalue weighted by molar-refractivity contribution is 7.89. The van der Waals surface area contributed by atoms with Gasteiger partial charge in [0.1, 0.15) is 0 Å². The molecule has 0 aliphatic heterocycles. The number of carbonyl (C=O) groups is 3. The quantitative estimate of drug-likeness (QED) is 0.502. The van der Waals surface area contributed by atoms with Crippen molar-refractivity contribution in [3.05, 3.63) is 29.8 Å². The molecule has 144 valence electrons. The molecular weight excluding hydrogens is 360 g/mol. The molecule has 1 N–H and O–H groups in total. The van der Waals surface area contributed by atoms with Crippen LogP contribution in [0.1, 0.15) is 37.6 Å². The largest absolute Gasteiger partial charge is 0.463 e. The number of amides is 1. The molecule has 1 aromatic rings. The minimum Gasteiger partial charge on any atom is -0.463 e. The third-order valence-electron chi connectivity index (χ3n) is 3.35. The third kappa shape index (κ3) is 6.57. The molecule has 1 amide bonds. The number of hydrogen-bond donors (Lipinski definition) is 1. The summed E-state index contributed by atoms with van der Waals surface area (Å²) in [6, 6.07) is 5.48. The van der Waals surface area contributed by atoms with Gasteiger partial charge in [0.05, 0.1) is 24.0 Å². The number of rotatable bonds is 9. The summed E-state index contributed by atoms with van der Waals surface area (Å²) in [6.07, 6.45) is -0.226. The van der Waals surface area contributed by atoms with Crippen LogP contribution in [-0.2, 0) is 24.3 Å². The number of nitrogens with one attached hydrogen (secondary N) is 1. The highest BCUT2D eigenvalue weighted by Crippen LogP contribution is 2.15. The van der Waals surface area contributed by atoms with E-state index in [0.29, 0.717) is 5.56 Å².